The van der Waals surface area contributed by atoms with Gasteiger partial charge in [-0.1, -0.05) is 42.5 Å². The van der Waals surface area contributed by atoms with E-state index >= 15 is 0 Å². The molecule has 1 N–H and O–H groups in total. The highest BCUT2D eigenvalue weighted by Crippen LogP contribution is 2.59. The van der Waals surface area contributed by atoms with Crippen LogP contribution in [-0.2, 0) is 21.6 Å². The third-order valence-electron chi connectivity index (χ3n) is 9.23. The minimum Gasteiger partial charge on any atom is -0.375 e. The van der Waals surface area contributed by atoms with Gasteiger partial charge in [-0.2, -0.15) is 0 Å². The summed E-state index contributed by atoms with van der Waals surface area (Å²) in [6, 6.07) is 8.86. The zero-order valence-corrected chi connectivity index (χ0v) is 20.2. The number of likely N-dealkylation sites (N-methyl/N-ethyl adjacent to an activating group) is 1. The first-order valence-electron chi connectivity index (χ1n) is 12.7. The topological polar surface area (TPSA) is 55.7 Å². The van der Waals surface area contributed by atoms with E-state index in [1.165, 1.54) is 33.1 Å². The van der Waals surface area contributed by atoms with Crippen LogP contribution in [0.1, 0.15) is 47.2 Å². The lowest BCUT2D eigenvalue weighted by molar-refractivity contribution is -0.238. The highest BCUT2D eigenvalue weighted by molar-refractivity contribution is 6.21. The van der Waals surface area contributed by atoms with E-state index in [4.69, 9.17) is 9.47 Å². The molecule has 2 aromatic carbocycles. The third-order valence-corrected chi connectivity index (χ3v) is 9.23. The lowest BCUT2D eigenvalue weighted by Crippen LogP contribution is -2.63. The first kappa shape index (κ1) is 20.3. The number of nitrogens with one attached hydrogen (secondary N) is 1. The number of nitrogens with zero attached hydrogens (tertiary/aromatic N) is 2. The summed E-state index contributed by atoms with van der Waals surface area (Å²) in [7, 11) is 3.81. The molecule has 0 radical (unpaired) electrons. The van der Waals surface area contributed by atoms with Crippen molar-refractivity contribution in [3.05, 3.63) is 65.3 Å². The molecule has 2 aliphatic carbocycles. The molecular weight excluding hydrogens is 438 g/mol. The van der Waals surface area contributed by atoms with Gasteiger partial charge in [0.15, 0.2) is 11.5 Å². The molecule has 6 heteroatoms. The molecule has 0 spiro atoms. The van der Waals surface area contributed by atoms with E-state index in [2.05, 4.69) is 70.3 Å². The Morgan fingerprint density at radius 2 is 2.00 bits per heavy atom. The van der Waals surface area contributed by atoms with E-state index < -0.39 is 5.72 Å². The Balaban J connectivity index is 1.62. The summed E-state index contributed by atoms with van der Waals surface area (Å²) < 4.78 is 15.7. The number of carbonyl (C=O) groups is 1. The number of carbonyl (C=O) groups excluding carboxylic acids is 1. The standard InChI is InChI=1S/C29H29N3O3/c1-29-28(34-3)18(30-2)14-22(35-29)31-19-10-6-4-8-15(19)25-24-17(12-13-21(24)33)23-16-9-5-7-11-20(16)32(29)27(23)26(25)31/h4-11,15,18-19,22,28,30H,12-14H2,1-3H3/t15?,18-,19?,22-,28-,29+/m1/s1. The average Bonchev–Trinajstić information content (AvgIpc) is 3.51. The van der Waals surface area contributed by atoms with Crippen molar-refractivity contribution in [1.82, 2.24) is 9.88 Å². The minimum absolute atomic E-state index is 0.119. The summed E-state index contributed by atoms with van der Waals surface area (Å²) in [5.74, 6) is 0.443. The fraction of sp³-hybridized carbons (Fsp3) is 0.414. The normalized spacial score (nSPS) is 34.1. The maximum absolute atomic E-state index is 13.5. The molecule has 8 rings (SSSR count). The van der Waals surface area contributed by atoms with Crippen molar-refractivity contribution in [3.8, 4) is 0 Å². The minimum atomic E-state index is -0.717. The number of rotatable bonds is 2. The summed E-state index contributed by atoms with van der Waals surface area (Å²) in [5, 5.41) is 5.96. The predicted octanol–water partition coefficient (Wildman–Crippen LogP) is 4.36. The van der Waals surface area contributed by atoms with Crippen molar-refractivity contribution in [2.75, 3.05) is 19.1 Å². The molecule has 1 fully saturated rings. The van der Waals surface area contributed by atoms with Gasteiger partial charge in [0.05, 0.1) is 22.8 Å². The Bertz CT molecular complexity index is 1520. The number of allylic oxidation sites excluding steroid dienone is 2. The van der Waals surface area contributed by atoms with Crippen molar-refractivity contribution in [2.24, 2.45) is 0 Å². The molecule has 35 heavy (non-hydrogen) atoms. The van der Waals surface area contributed by atoms with Crippen LogP contribution >= 0.6 is 0 Å². The van der Waals surface area contributed by atoms with Crippen molar-refractivity contribution < 1.29 is 14.3 Å². The molecule has 2 bridgehead atoms. The number of aromatic nitrogens is 1. The molecule has 1 saturated heterocycles. The molecule has 178 valence electrons. The smallest absolute Gasteiger partial charge is 0.173 e. The van der Waals surface area contributed by atoms with E-state index in [1.54, 1.807) is 7.11 Å². The van der Waals surface area contributed by atoms with Gasteiger partial charge in [0.2, 0.25) is 0 Å². The van der Waals surface area contributed by atoms with Crippen LogP contribution in [0.15, 0.2) is 48.6 Å². The number of Topliss-reactive ketones (excluding diaryl/α,β-unsaturated/α-hetero) is 1. The molecule has 6 nitrogen and oxygen atoms in total. The highest BCUT2D eigenvalue weighted by Gasteiger charge is 2.57. The maximum Gasteiger partial charge on any atom is 0.173 e. The number of ether oxygens (including phenoxy) is 2. The number of methoxy groups -OCH3 is 1. The summed E-state index contributed by atoms with van der Waals surface area (Å²) >= 11 is 0. The number of aryl methyl sites for hydroxylation is 1. The number of benzene rings is 2. The van der Waals surface area contributed by atoms with Gasteiger partial charge in [0.25, 0.3) is 0 Å². The second kappa shape index (κ2) is 6.64. The Kier molecular flexibility index (Phi) is 3.84. The van der Waals surface area contributed by atoms with Crippen LogP contribution in [0.2, 0.25) is 0 Å². The van der Waals surface area contributed by atoms with Gasteiger partial charge >= 0.3 is 0 Å². The maximum atomic E-state index is 13.5. The van der Waals surface area contributed by atoms with Crippen LogP contribution in [0, 0.1) is 0 Å². The number of para-hydroxylation sites is 1. The zero-order chi connectivity index (χ0) is 23.6. The van der Waals surface area contributed by atoms with Crippen molar-refractivity contribution in [1.29, 1.82) is 0 Å². The molecule has 0 amide bonds. The average molecular weight is 468 g/mol. The van der Waals surface area contributed by atoms with E-state index in [9.17, 15) is 4.79 Å². The van der Waals surface area contributed by atoms with Crippen LogP contribution < -0.4 is 10.2 Å². The molecular formula is C29H29N3O3. The summed E-state index contributed by atoms with van der Waals surface area (Å²) in [5.41, 5.74) is 6.22. The van der Waals surface area contributed by atoms with Crippen LogP contribution in [0.5, 0.6) is 0 Å². The summed E-state index contributed by atoms with van der Waals surface area (Å²) in [6.07, 6.45) is 10.7. The van der Waals surface area contributed by atoms with Gasteiger partial charge < -0.3 is 24.3 Å². The fourth-order valence-corrected chi connectivity index (χ4v) is 8.00. The van der Waals surface area contributed by atoms with Crippen molar-refractivity contribution >= 4 is 33.3 Å². The molecule has 4 heterocycles. The number of hydrogen-bond donors (Lipinski definition) is 1. The van der Waals surface area contributed by atoms with E-state index in [1.807, 2.05) is 7.05 Å². The Morgan fingerprint density at radius 1 is 1.17 bits per heavy atom. The van der Waals surface area contributed by atoms with Gasteiger partial charge in [-0.05, 0) is 37.6 Å². The van der Waals surface area contributed by atoms with E-state index in [0.717, 1.165) is 23.9 Å². The van der Waals surface area contributed by atoms with Crippen molar-refractivity contribution in [3.63, 3.8) is 0 Å². The van der Waals surface area contributed by atoms with Crippen LogP contribution in [-0.4, -0.2) is 48.9 Å². The van der Waals surface area contributed by atoms with E-state index in [-0.39, 0.29) is 36.1 Å². The molecule has 5 aliphatic rings. The number of ketones is 1. The number of hydrogen-bond acceptors (Lipinski definition) is 5. The van der Waals surface area contributed by atoms with Gasteiger partial charge in [-0.15, -0.1) is 0 Å². The summed E-state index contributed by atoms with van der Waals surface area (Å²) in [4.78, 5) is 15.9. The number of anilines is 1. The van der Waals surface area contributed by atoms with Gasteiger partial charge in [-0.25, -0.2) is 0 Å². The SMILES string of the molecule is CN[C@@H]1C[C@H]2O[C@@](C)([C@@H]1OC)n1c3ccccc3c3c4c(c5c(c31)N2C1C=CC=CC51)C(=O)CC4. The lowest BCUT2D eigenvalue weighted by Gasteiger charge is -2.50. The monoisotopic (exact) mass is 467 g/mol. The Labute approximate surface area is 204 Å². The van der Waals surface area contributed by atoms with Gasteiger partial charge in [0, 0.05) is 48.2 Å². The summed E-state index contributed by atoms with van der Waals surface area (Å²) in [6.45, 7) is 2.19. The first-order valence-corrected chi connectivity index (χ1v) is 12.7. The van der Waals surface area contributed by atoms with Crippen LogP contribution in [0.25, 0.3) is 21.8 Å². The van der Waals surface area contributed by atoms with Crippen LogP contribution in [0.4, 0.5) is 5.69 Å². The largest absolute Gasteiger partial charge is 0.375 e. The molecule has 0 saturated carbocycles. The fourth-order valence-electron chi connectivity index (χ4n) is 8.00. The van der Waals surface area contributed by atoms with E-state index in [0.29, 0.717) is 6.42 Å². The van der Waals surface area contributed by atoms with Gasteiger partial charge in [0.1, 0.15) is 12.3 Å². The third kappa shape index (κ3) is 2.21. The second-order valence-electron chi connectivity index (χ2n) is 10.7. The Morgan fingerprint density at radius 3 is 2.83 bits per heavy atom. The molecule has 1 aromatic heterocycles. The quantitative estimate of drug-likeness (QED) is 0.607. The number of fused-ring (bicyclic) bond motifs is 13. The Hall–Kier alpha value is -2.93. The molecule has 3 aromatic rings. The predicted molar refractivity (Wildman–Crippen MR) is 136 cm³/mol. The first-order chi connectivity index (χ1) is 17.1. The van der Waals surface area contributed by atoms with Gasteiger partial charge in [-0.3, -0.25) is 4.79 Å². The van der Waals surface area contributed by atoms with Crippen LogP contribution in [0.3, 0.4) is 0 Å². The molecule has 6 atom stereocenters. The zero-order valence-electron chi connectivity index (χ0n) is 20.2. The lowest BCUT2D eigenvalue weighted by atomic mass is 9.85. The highest BCUT2D eigenvalue weighted by atomic mass is 16.6. The van der Waals surface area contributed by atoms with Crippen molar-refractivity contribution in [2.45, 2.75) is 62.2 Å². The second-order valence-corrected chi connectivity index (χ2v) is 10.7. The molecule has 3 aliphatic heterocycles. The molecule has 2 unspecified atom stereocenters.